The molecule has 0 saturated heterocycles. The van der Waals surface area contributed by atoms with Gasteiger partial charge in [-0.15, -0.1) is 0 Å². The van der Waals surface area contributed by atoms with Gasteiger partial charge in [-0.3, -0.25) is 4.79 Å². The van der Waals surface area contributed by atoms with Crippen molar-refractivity contribution < 1.29 is 22.7 Å². The molecule has 0 fully saturated rings. The van der Waals surface area contributed by atoms with E-state index in [2.05, 4.69) is 5.32 Å². The van der Waals surface area contributed by atoms with Gasteiger partial charge in [0.15, 0.2) is 6.10 Å². The van der Waals surface area contributed by atoms with E-state index in [-0.39, 0.29) is 10.5 Å². The number of carbonyl (C=O) groups excluding carboxylic acids is 2. The molecule has 0 aliphatic rings. The zero-order chi connectivity index (χ0) is 20.2. The van der Waals surface area contributed by atoms with E-state index in [1.54, 1.807) is 24.3 Å². The Balaban J connectivity index is 2.02. The van der Waals surface area contributed by atoms with Gasteiger partial charge in [0.25, 0.3) is 5.91 Å². The third-order valence-electron chi connectivity index (χ3n) is 3.61. The molecular weight excluding hydrogens is 392 g/mol. The van der Waals surface area contributed by atoms with Crippen LogP contribution in [-0.4, -0.2) is 44.8 Å². The van der Waals surface area contributed by atoms with Crippen LogP contribution >= 0.6 is 11.6 Å². The Morgan fingerprint density at radius 2 is 1.74 bits per heavy atom. The van der Waals surface area contributed by atoms with Crippen LogP contribution in [0.5, 0.6) is 0 Å². The first-order valence-corrected chi connectivity index (χ1v) is 9.73. The first-order valence-electron chi connectivity index (χ1n) is 7.91. The number of ether oxygens (including phenoxy) is 1. The van der Waals surface area contributed by atoms with Gasteiger partial charge in [0.05, 0.1) is 10.5 Å². The molecule has 1 unspecified atom stereocenters. The summed E-state index contributed by atoms with van der Waals surface area (Å²) in [6.07, 6.45) is -1.05. The van der Waals surface area contributed by atoms with Crippen LogP contribution in [0.4, 0.5) is 5.69 Å². The summed E-state index contributed by atoms with van der Waals surface area (Å²) in [5.41, 5.74) is 0.615. The van der Waals surface area contributed by atoms with Crippen LogP contribution in [0.2, 0.25) is 5.02 Å². The Kier molecular flexibility index (Phi) is 6.59. The summed E-state index contributed by atoms with van der Waals surface area (Å²) >= 11 is 5.85. The number of esters is 1. The summed E-state index contributed by atoms with van der Waals surface area (Å²) in [4.78, 5) is 24.4. The molecular formula is C18H19ClN2O5S. The highest BCUT2D eigenvalue weighted by Gasteiger charge is 2.21. The summed E-state index contributed by atoms with van der Waals surface area (Å²) in [6, 6.07) is 11.9. The molecule has 2 aromatic rings. The van der Waals surface area contributed by atoms with Gasteiger partial charge in [0.2, 0.25) is 10.0 Å². The topological polar surface area (TPSA) is 92.8 Å². The second-order valence-corrected chi connectivity index (χ2v) is 8.45. The molecule has 2 rings (SSSR count). The SMILES string of the molecule is CC(OC(=O)c1ccc(S(=O)(=O)N(C)C)cc1)C(=O)Nc1cccc(Cl)c1. The van der Waals surface area contributed by atoms with Crippen LogP contribution in [0.25, 0.3) is 0 Å². The van der Waals surface area contributed by atoms with Gasteiger partial charge in [-0.1, -0.05) is 17.7 Å². The molecule has 0 aliphatic heterocycles. The molecule has 2 aromatic carbocycles. The van der Waals surface area contributed by atoms with Crippen molar-refractivity contribution in [3.63, 3.8) is 0 Å². The Hall–Kier alpha value is -2.42. The van der Waals surface area contributed by atoms with Gasteiger partial charge in [-0.05, 0) is 49.4 Å². The predicted molar refractivity (Wildman–Crippen MR) is 102 cm³/mol. The monoisotopic (exact) mass is 410 g/mol. The normalized spacial score (nSPS) is 12.5. The number of nitrogens with one attached hydrogen (secondary N) is 1. The van der Waals surface area contributed by atoms with E-state index < -0.39 is 28.0 Å². The molecule has 0 radical (unpaired) electrons. The predicted octanol–water partition coefficient (Wildman–Crippen LogP) is 2.77. The van der Waals surface area contributed by atoms with E-state index in [1.807, 2.05) is 0 Å². The molecule has 0 saturated carbocycles. The number of hydrogen-bond donors (Lipinski definition) is 1. The standard InChI is InChI=1S/C18H19ClN2O5S/c1-12(17(22)20-15-6-4-5-14(19)11-15)26-18(23)13-7-9-16(10-8-13)27(24,25)21(2)3/h4-12H,1-3H3,(H,20,22). The van der Waals surface area contributed by atoms with Gasteiger partial charge < -0.3 is 10.1 Å². The summed E-state index contributed by atoms with van der Waals surface area (Å²) in [7, 11) is -0.759. The van der Waals surface area contributed by atoms with Crippen molar-refractivity contribution in [1.82, 2.24) is 4.31 Å². The molecule has 0 aromatic heterocycles. The minimum atomic E-state index is -3.59. The summed E-state index contributed by atoms with van der Waals surface area (Å²) < 4.78 is 30.3. The number of halogens is 1. The second kappa shape index (κ2) is 8.51. The number of hydrogen-bond acceptors (Lipinski definition) is 5. The molecule has 0 bridgehead atoms. The number of benzene rings is 2. The van der Waals surface area contributed by atoms with Gasteiger partial charge in [0, 0.05) is 24.8 Å². The van der Waals surface area contributed by atoms with E-state index in [0.29, 0.717) is 10.7 Å². The maximum atomic E-state index is 12.2. The van der Waals surface area contributed by atoms with Crippen LogP contribution in [0.3, 0.4) is 0 Å². The number of anilines is 1. The molecule has 1 N–H and O–H groups in total. The Bertz CT molecular complexity index is 942. The van der Waals surface area contributed by atoms with Gasteiger partial charge in [-0.2, -0.15) is 0 Å². The zero-order valence-electron chi connectivity index (χ0n) is 15.0. The fourth-order valence-corrected chi connectivity index (χ4v) is 3.16. The third kappa shape index (κ3) is 5.29. The maximum absolute atomic E-state index is 12.2. The number of nitrogens with zero attached hydrogens (tertiary/aromatic N) is 1. The Morgan fingerprint density at radius 3 is 2.30 bits per heavy atom. The van der Waals surface area contributed by atoms with Crippen LogP contribution in [0.15, 0.2) is 53.4 Å². The zero-order valence-corrected chi connectivity index (χ0v) is 16.5. The highest BCUT2D eigenvalue weighted by atomic mass is 35.5. The van der Waals surface area contributed by atoms with Crippen molar-refractivity contribution in [2.45, 2.75) is 17.9 Å². The fourth-order valence-electron chi connectivity index (χ4n) is 2.07. The first kappa shape index (κ1) is 20.9. The van der Waals surface area contributed by atoms with Crippen molar-refractivity contribution in [3.8, 4) is 0 Å². The molecule has 1 atom stereocenters. The quantitative estimate of drug-likeness (QED) is 0.739. The second-order valence-electron chi connectivity index (χ2n) is 5.86. The lowest BCUT2D eigenvalue weighted by Crippen LogP contribution is -2.30. The van der Waals surface area contributed by atoms with E-state index in [9.17, 15) is 18.0 Å². The largest absolute Gasteiger partial charge is 0.449 e. The highest BCUT2D eigenvalue weighted by molar-refractivity contribution is 7.89. The minimum Gasteiger partial charge on any atom is -0.449 e. The average molecular weight is 411 g/mol. The lowest BCUT2D eigenvalue weighted by molar-refractivity contribution is -0.123. The van der Waals surface area contributed by atoms with Crippen LogP contribution in [0.1, 0.15) is 17.3 Å². The Labute approximate surface area is 162 Å². The number of carbonyl (C=O) groups is 2. The molecule has 27 heavy (non-hydrogen) atoms. The lowest BCUT2D eigenvalue weighted by Gasteiger charge is -2.14. The lowest BCUT2D eigenvalue weighted by atomic mass is 10.2. The Morgan fingerprint density at radius 1 is 1.11 bits per heavy atom. The molecule has 1 amide bonds. The molecule has 144 valence electrons. The van der Waals surface area contributed by atoms with Crippen LogP contribution in [-0.2, 0) is 19.6 Å². The highest BCUT2D eigenvalue weighted by Crippen LogP contribution is 2.17. The van der Waals surface area contributed by atoms with Gasteiger partial charge in [-0.25, -0.2) is 17.5 Å². The molecule has 0 spiro atoms. The summed E-state index contributed by atoms with van der Waals surface area (Å²) in [6.45, 7) is 1.43. The van der Waals surface area contributed by atoms with Gasteiger partial charge in [0.1, 0.15) is 0 Å². The van der Waals surface area contributed by atoms with Crippen molar-refractivity contribution in [1.29, 1.82) is 0 Å². The van der Waals surface area contributed by atoms with Crippen molar-refractivity contribution in [2.24, 2.45) is 0 Å². The van der Waals surface area contributed by atoms with Crippen LogP contribution in [0, 0.1) is 0 Å². The minimum absolute atomic E-state index is 0.0517. The van der Waals surface area contributed by atoms with Crippen LogP contribution < -0.4 is 5.32 Å². The van der Waals surface area contributed by atoms with E-state index in [0.717, 1.165) is 4.31 Å². The number of sulfonamides is 1. The maximum Gasteiger partial charge on any atom is 0.338 e. The van der Waals surface area contributed by atoms with Crippen molar-refractivity contribution >= 4 is 39.2 Å². The van der Waals surface area contributed by atoms with E-state index in [1.165, 1.54) is 45.3 Å². The third-order valence-corrected chi connectivity index (χ3v) is 5.68. The average Bonchev–Trinajstić information content (AvgIpc) is 2.61. The fraction of sp³-hybridized carbons (Fsp3) is 0.222. The molecule has 9 heteroatoms. The van der Waals surface area contributed by atoms with E-state index in [4.69, 9.17) is 16.3 Å². The van der Waals surface area contributed by atoms with Crippen molar-refractivity contribution in [3.05, 3.63) is 59.1 Å². The number of rotatable bonds is 6. The summed E-state index contributed by atoms with van der Waals surface area (Å²) in [5.74, 6) is -1.25. The molecule has 0 aliphatic carbocycles. The van der Waals surface area contributed by atoms with Crippen molar-refractivity contribution in [2.75, 3.05) is 19.4 Å². The molecule has 0 heterocycles. The molecule has 7 nitrogen and oxygen atoms in total. The number of amides is 1. The van der Waals surface area contributed by atoms with E-state index >= 15 is 0 Å². The first-order chi connectivity index (χ1) is 12.6. The van der Waals surface area contributed by atoms with Gasteiger partial charge >= 0.3 is 5.97 Å². The smallest absolute Gasteiger partial charge is 0.338 e. The summed E-state index contributed by atoms with van der Waals surface area (Å²) in [5, 5.41) is 3.06.